The maximum Gasteiger partial charge on any atom is 0.265 e. The van der Waals surface area contributed by atoms with Crippen molar-refractivity contribution in [3.63, 3.8) is 0 Å². The molecule has 0 fully saturated rings. The first-order valence-corrected chi connectivity index (χ1v) is 7.79. The van der Waals surface area contributed by atoms with Gasteiger partial charge in [0.25, 0.3) is 10.0 Å². The average molecular weight is 334 g/mol. The van der Waals surface area contributed by atoms with E-state index in [1.54, 1.807) is 6.92 Å². The number of hydrogen-bond acceptors (Lipinski definition) is 4. The summed E-state index contributed by atoms with van der Waals surface area (Å²) in [5.41, 5.74) is 0.157. The quantitative estimate of drug-likeness (QED) is 0.901. The molecule has 1 aromatic heterocycles. The van der Waals surface area contributed by atoms with Crippen molar-refractivity contribution in [2.45, 2.75) is 25.3 Å². The molecular formula is C13H13ClFNO4S. The number of hydrogen-bond donors (Lipinski definition) is 2. The van der Waals surface area contributed by atoms with E-state index in [-0.39, 0.29) is 26.9 Å². The lowest BCUT2D eigenvalue weighted by Gasteiger charge is -2.09. The van der Waals surface area contributed by atoms with E-state index in [0.717, 1.165) is 12.1 Å². The standard InChI is InChI=1S/C13H13ClFNO4S/c1-7-12(6-17)13(8(2)20-7)21(18,19)16-11-4-9(14)3-10(15)5-11/h3-5,16-17H,6H2,1-2H3. The van der Waals surface area contributed by atoms with E-state index in [9.17, 15) is 17.9 Å². The first-order chi connectivity index (χ1) is 9.74. The van der Waals surface area contributed by atoms with Crippen molar-refractivity contribution in [2.24, 2.45) is 0 Å². The summed E-state index contributed by atoms with van der Waals surface area (Å²) in [5, 5.41) is 9.36. The fourth-order valence-electron chi connectivity index (χ4n) is 2.06. The maximum atomic E-state index is 13.3. The highest BCUT2D eigenvalue weighted by molar-refractivity contribution is 7.92. The van der Waals surface area contributed by atoms with Crippen LogP contribution in [-0.4, -0.2) is 13.5 Å². The molecule has 0 atom stereocenters. The van der Waals surface area contributed by atoms with E-state index in [1.807, 2.05) is 0 Å². The lowest BCUT2D eigenvalue weighted by molar-refractivity contribution is 0.276. The Hall–Kier alpha value is -1.57. The Balaban J connectivity index is 2.48. The summed E-state index contributed by atoms with van der Waals surface area (Å²) in [6, 6.07) is 3.35. The van der Waals surface area contributed by atoms with Gasteiger partial charge in [0.05, 0.1) is 12.3 Å². The van der Waals surface area contributed by atoms with E-state index < -0.39 is 22.4 Å². The topological polar surface area (TPSA) is 79.5 Å². The summed E-state index contributed by atoms with van der Waals surface area (Å²) in [6.45, 7) is 2.54. The Morgan fingerprint density at radius 2 is 1.95 bits per heavy atom. The Morgan fingerprint density at radius 1 is 1.29 bits per heavy atom. The fourth-order valence-corrected chi connectivity index (χ4v) is 3.77. The van der Waals surface area contributed by atoms with Crippen LogP contribution in [0.1, 0.15) is 17.1 Å². The Labute approximate surface area is 126 Å². The SMILES string of the molecule is Cc1oc(C)c(S(=O)(=O)Nc2cc(F)cc(Cl)c2)c1CO. The Morgan fingerprint density at radius 3 is 2.52 bits per heavy atom. The normalized spacial score (nSPS) is 11.7. The zero-order chi connectivity index (χ0) is 15.8. The van der Waals surface area contributed by atoms with E-state index in [2.05, 4.69) is 4.72 Å². The predicted octanol–water partition coefficient (Wildman–Crippen LogP) is 2.98. The first kappa shape index (κ1) is 15.8. The number of aryl methyl sites for hydroxylation is 2. The van der Waals surface area contributed by atoms with Gasteiger partial charge in [-0.25, -0.2) is 12.8 Å². The predicted molar refractivity (Wildman–Crippen MR) is 76.3 cm³/mol. The molecule has 2 aromatic rings. The Bertz CT molecular complexity index is 765. The van der Waals surface area contributed by atoms with Gasteiger partial charge in [0.15, 0.2) is 0 Å². The molecular weight excluding hydrogens is 321 g/mol. The molecule has 0 amide bonds. The lowest BCUT2D eigenvalue weighted by Crippen LogP contribution is -2.15. The highest BCUT2D eigenvalue weighted by Crippen LogP contribution is 2.29. The van der Waals surface area contributed by atoms with Crippen LogP contribution in [-0.2, 0) is 16.6 Å². The van der Waals surface area contributed by atoms with Gasteiger partial charge >= 0.3 is 0 Å². The molecule has 0 aliphatic heterocycles. The minimum atomic E-state index is -4.03. The molecule has 0 radical (unpaired) electrons. The molecule has 5 nitrogen and oxygen atoms in total. The lowest BCUT2D eigenvalue weighted by atomic mass is 10.2. The van der Waals surface area contributed by atoms with E-state index in [1.165, 1.54) is 13.0 Å². The van der Waals surface area contributed by atoms with Gasteiger partial charge in [-0.1, -0.05) is 11.6 Å². The van der Waals surface area contributed by atoms with Crippen LogP contribution in [0.3, 0.4) is 0 Å². The molecule has 2 N–H and O–H groups in total. The molecule has 0 saturated heterocycles. The third-order valence-corrected chi connectivity index (χ3v) is 4.66. The number of sulfonamides is 1. The minimum Gasteiger partial charge on any atom is -0.465 e. The summed E-state index contributed by atoms with van der Waals surface area (Å²) < 4.78 is 45.5. The molecule has 0 unspecified atom stereocenters. The molecule has 0 saturated carbocycles. The minimum absolute atomic E-state index is 0.0119. The number of aliphatic hydroxyl groups is 1. The summed E-state index contributed by atoms with van der Waals surface area (Å²) in [5.74, 6) is -0.207. The summed E-state index contributed by atoms with van der Waals surface area (Å²) in [7, 11) is -4.03. The number of benzene rings is 1. The van der Waals surface area contributed by atoms with Gasteiger partial charge in [-0.15, -0.1) is 0 Å². The number of furan rings is 1. The van der Waals surface area contributed by atoms with Crippen molar-refractivity contribution < 1.29 is 22.3 Å². The van der Waals surface area contributed by atoms with Gasteiger partial charge in [-0.05, 0) is 32.0 Å². The molecule has 2 rings (SSSR count). The van der Waals surface area contributed by atoms with Crippen LogP contribution < -0.4 is 4.72 Å². The molecule has 8 heteroatoms. The van der Waals surface area contributed by atoms with Crippen LogP contribution in [0, 0.1) is 19.7 Å². The van der Waals surface area contributed by atoms with Gasteiger partial charge in [0.1, 0.15) is 22.2 Å². The summed E-state index contributed by atoms with van der Waals surface area (Å²) >= 11 is 5.69. The third kappa shape index (κ3) is 3.20. The molecule has 21 heavy (non-hydrogen) atoms. The van der Waals surface area contributed by atoms with Crippen LogP contribution in [0.5, 0.6) is 0 Å². The van der Waals surface area contributed by atoms with Crippen molar-refractivity contribution in [3.05, 3.63) is 46.1 Å². The molecule has 0 aliphatic carbocycles. The molecule has 1 heterocycles. The second-order valence-electron chi connectivity index (χ2n) is 4.44. The van der Waals surface area contributed by atoms with Crippen molar-refractivity contribution in [2.75, 3.05) is 4.72 Å². The number of nitrogens with one attached hydrogen (secondary N) is 1. The molecule has 1 aromatic carbocycles. The number of aliphatic hydroxyl groups excluding tert-OH is 1. The molecule has 0 aliphatic rings. The van der Waals surface area contributed by atoms with Crippen LogP contribution >= 0.6 is 11.6 Å². The second-order valence-corrected chi connectivity index (χ2v) is 6.50. The number of anilines is 1. The fraction of sp³-hybridized carbons (Fsp3) is 0.231. The zero-order valence-electron chi connectivity index (χ0n) is 11.3. The van der Waals surface area contributed by atoms with Gasteiger partial charge in [0, 0.05) is 10.6 Å². The van der Waals surface area contributed by atoms with Gasteiger partial charge in [-0.3, -0.25) is 4.72 Å². The molecule has 0 bridgehead atoms. The van der Waals surface area contributed by atoms with Crippen molar-refractivity contribution in [1.29, 1.82) is 0 Å². The Kier molecular flexibility index (Phi) is 4.27. The van der Waals surface area contributed by atoms with E-state index >= 15 is 0 Å². The highest BCUT2D eigenvalue weighted by Gasteiger charge is 2.26. The molecule has 114 valence electrons. The maximum absolute atomic E-state index is 13.3. The smallest absolute Gasteiger partial charge is 0.265 e. The third-order valence-electron chi connectivity index (χ3n) is 2.87. The summed E-state index contributed by atoms with van der Waals surface area (Å²) in [6.07, 6.45) is 0. The number of rotatable bonds is 4. The van der Waals surface area contributed by atoms with Crippen LogP contribution in [0.15, 0.2) is 27.5 Å². The first-order valence-electron chi connectivity index (χ1n) is 5.93. The van der Waals surface area contributed by atoms with Gasteiger partial charge in [-0.2, -0.15) is 0 Å². The van der Waals surface area contributed by atoms with Crippen LogP contribution in [0.2, 0.25) is 5.02 Å². The summed E-state index contributed by atoms with van der Waals surface area (Å²) in [4.78, 5) is -0.150. The van der Waals surface area contributed by atoms with Gasteiger partial charge in [0.2, 0.25) is 0 Å². The number of halogens is 2. The van der Waals surface area contributed by atoms with E-state index in [4.69, 9.17) is 16.0 Å². The monoisotopic (exact) mass is 333 g/mol. The van der Waals surface area contributed by atoms with E-state index in [0.29, 0.717) is 5.76 Å². The second kappa shape index (κ2) is 5.67. The zero-order valence-corrected chi connectivity index (χ0v) is 12.8. The highest BCUT2D eigenvalue weighted by atomic mass is 35.5. The largest absolute Gasteiger partial charge is 0.465 e. The van der Waals surface area contributed by atoms with Crippen molar-refractivity contribution in [1.82, 2.24) is 0 Å². The van der Waals surface area contributed by atoms with Crippen LogP contribution in [0.4, 0.5) is 10.1 Å². The van der Waals surface area contributed by atoms with Gasteiger partial charge < -0.3 is 9.52 Å². The van der Waals surface area contributed by atoms with Crippen molar-refractivity contribution in [3.8, 4) is 0 Å². The van der Waals surface area contributed by atoms with Crippen molar-refractivity contribution >= 4 is 27.3 Å². The van der Waals surface area contributed by atoms with Crippen LogP contribution in [0.25, 0.3) is 0 Å². The molecule has 0 spiro atoms. The average Bonchev–Trinajstić information content (AvgIpc) is 2.61.